The van der Waals surface area contributed by atoms with Crippen molar-refractivity contribution in [2.75, 3.05) is 0 Å². The van der Waals surface area contributed by atoms with Gasteiger partial charge in [0.2, 0.25) is 0 Å². The summed E-state index contributed by atoms with van der Waals surface area (Å²) in [7, 11) is 0. The van der Waals surface area contributed by atoms with E-state index >= 15 is 0 Å². The van der Waals surface area contributed by atoms with E-state index in [-0.39, 0.29) is 12.3 Å². The summed E-state index contributed by atoms with van der Waals surface area (Å²) < 4.78 is 6.39. The van der Waals surface area contributed by atoms with Crippen molar-refractivity contribution in [2.45, 2.75) is 6.61 Å². The molecule has 0 atom stereocenters. The van der Waals surface area contributed by atoms with Crippen molar-refractivity contribution in [2.24, 2.45) is 0 Å². The number of non-ortho nitro benzene ring substituents is 1. The Hall–Kier alpha value is -1.63. The summed E-state index contributed by atoms with van der Waals surface area (Å²) in [5.74, 6) is 0.723. The predicted molar refractivity (Wildman–Crippen MR) is 78.2 cm³/mol. The zero-order valence-corrected chi connectivity index (χ0v) is 12.4. The Bertz CT molecular complexity index is 663. The second kappa shape index (κ2) is 6.21. The highest BCUT2D eigenvalue weighted by molar-refractivity contribution is 9.10. The molecule has 104 valence electrons. The lowest BCUT2D eigenvalue weighted by atomic mass is 10.2. The van der Waals surface area contributed by atoms with E-state index in [1.54, 1.807) is 18.2 Å². The van der Waals surface area contributed by atoms with Gasteiger partial charge in [-0.05, 0) is 24.3 Å². The first-order valence-corrected chi connectivity index (χ1v) is 6.69. The molecule has 0 heterocycles. The zero-order valence-electron chi connectivity index (χ0n) is 10.0. The molecule has 2 rings (SSSR count). The summed E-state index contributed by atoms with van der Waals surface area (Å²) in [6.07, 6.45) is 0. The van der Waals surface area contributed by atoms with E-state index in [0.29, 0.717) is 22.1 Å². The van der Waals surface area contributed by atoms with Gasteiger partial charge >= 0.3 is 0 Å². The van der Waals surface area contributed by atoms with Crippen LogP contribution in [0.4, 0.5) is 5.69 Å². The molecule has 0 bridgehead atoms. The van der Waals surface area contributed by atoms with Gasteiger partial charge < -0.3 is 9.84 Å². The number of aliphatic hydroxyl groups is 1. The van der Waals surface area contributed by atoms with E-state index < -0.39 is 4.92 Å². The number of nitro benzene ring substituents is 1. The maximum atomic E-state index is 10.7. The molecule has 20 heavy (non-hydrogen) atoms. The Morgan fingerprint density at radius 2 is 1.95 bits per heavy atom. The Morgan fingerprint density at radius 1 is 1.25 bits per heavy atom. The molecular weight excluding hydrogens is 350 g/mol. The number of halogens is 2. The Labute approximate surface area is 128 Å². The van der Waals surface area contributed by atoms with Crippen molar-refractivity contribution >= 4 is 33.2 Å². The van der Waals surface area contributed by atoms with Gasteiger partial charge in [-0.1, -0.05) is 27.5 Å². The summed E-state index contributed by atoms with van der Waals surface area (Å²) in [6, 6.07) is 9.09. The summed E-state index contributed by atoms with van der Waals surface area (Å²) in [5, 5.41) is 20.4. The first-order valence-electron chi connectivity index (χ1n) is 5.52. The summed E-state index contributed by atoms with van der Waals surface area (Å²) >= 11 is 9.31. The lowest BCUT2D eigenvalue weighted by molar-refractivity contribution is -0.385. The molecule has 0 spiro atoms. The van der Waals surface area contributed by atoms with E-state index in [0.717, 1.165) is 4.47 Å². The van der Waals surface area contributed by atoms with Gasteiger partial charge in [0.15, 0.2) is 0 Å². The molecule has 0 fully saturated rings. The molecule has 0 saturated carbocycles. The summed E-state index contributed by atoms with van der Waals surface area (Å²) in [5.41, 5.74) is 0.210. The second-order valence-corrected chi connectivity index (χ2v) is 5.21. The fourth-order valence-corrected chi connectivity index (χ4v) is 2.29. The molecule has 2 aromatic rings. The van der Waals surface area contributed by atoms with Crippen molar-refractivity contribution in [3.63, 3.8) is 0 Å². The van der Waals surface area contributed by atoms with Crippen molar-refractivity contribution in [3.8, 4) is 11.5 Å². The van der Waals surface area contributed by atoms with Gasteiger partial charge in [0, 0.05) is 22.2 Å². The minimum Gasteiger partial charge on any atom is -0.455 e. The third-order valence-electron chi connectivity index (χ3n) is 2.54. The highest BCUT2D eigenvalue weighted by atomic mass is 79.9. The monoisotopic (exact) mass is 357 g/mol. The van der Waals surface area contributed by atoms with Crippen LogP contribution in [0.3, 0.4) is 0 Å². The normalized spacial score (nSPS) is 10.3. The van der Waals surface area contributed by atoms with Crippen LogP contribution in [0.25, 0.3) is 0 Å². The molecule has 0 unspecified atom stereocenters. The van der Waals surface area contributed by atoms with Gasteiger partial charge in [-0.3, -0.25) is 10.1 Å². The fourth-order valence-electron chi connectivity index (χ4n) is 1.58. The maximum Gasteiger partial charge on any atom is 0.270 e. The minimum absolute atomic E-state index is 0.108. The molecule has 2 aromatic carbocycles. The molecule has 0 saturated heterocycles. The largest absolute Gasteiger partial charge is 0.455 e. The Balaban J connectivity index is 2.35. The summed E-state index contributed by atoms with van der Waals surface area (Å²) in [6.45, 7) is -0.370. The van der Waals surface area contributed by atoms with Crippen LogP contribution in [0.2, 0.25) is 5.02 Å². The first kappa shape index (κ1) is 14.8. The molecule has 0 aromatic heterocycles. The van der Waals surface area contributed by atoms with Crippen LogP contribution in [0.15, 0.2) is 40.9 Å². The van der Waals surface area contributed by atoms with Gasteiger partial charge in [0.25, 0.3) is 5.69 Å². The van der Waals surface area contributed by atoms with Crippen LogP contribution in [0.1, 0.15) is 5.56 Å². The van der Waals surface area contributed by atoms with E-state index in [4.69, 9.17) is 16.3 Å². The number of aliphatic hydroxyl groups excluding tert-OH is 1. The lowest BCUT2D eigenvalue weighted by Gasteiger charge is -2.11. The Kier molecular flexibility index (Phi) is 4.59. The average Bonchev–Trinajstić information content (AvgIpc) is 2.42. The van der Waals surface area contributed by atoms with Crippen molar-refractivity contribution in [1.82, 2.24) is 0 Å². The quantitative estimate of drug-likeness (QED) is 0.653. The third-order valence-corrected chi connectivity index (χ3v) is 3.33. The van der Waals surface area contributed by atoms with Crippen LogP contribution in [0.5, 0.6) is 11.5 Å². The molecule has 0 radical (unpaired) electrons. The number of nitrogens with zero attached hydrogens (tertiary/aromatic N) is 1. The van der Waals surface area contributed by atoms with Gasteiger partial charge in [0.05, 0.1) is 16.6 Å². The van der Waals surface area contributed by atoms with E-state index in [2.05, 4.69) is 15.9 Å². The van der Waals surface area contributed by atoms with Crippen molar-refractivity contribution in [1.29, 1.82) is 0 Å². The molecule has 7 heteroatoms. The number of ether oxygens (including phenoxy) is 1. The van der Waals surface area contributed by atoms with Crippen LogP contribution in [0, 0.1) is 10.1 Å². The topological polar surface area (TPSA) is 72.6 Å². The molecule has 5 nitrogen and oxygen atoms in total. The van der Waals surface area contributed by atoms with Crippen LogP contribution >= 0.6 is 27.5 Å². The first-order chi connectivity index (χ1) is 9.51. The van der Waals surface area contributed by atoms with E-state index in [1.165, 1.54) is 18.2 Å². The second-order valence-electron chi connectivity index (χ2n) is 3.88. The van der Waals surface area contributed by atoms with Gasteiger partial charge in [-0.25, -0.2) is 0 Å². The van der Waals surface area contributed by atoms with Crippen LogP contribution in [-0.4, -0.2) is 10.0 Å². The predicted octanol–water partition coefficient (Wildman–Crippen LogP) is 4.30. The van der Waals surface area contributed by atoms with Crippen molar-refractivity contribution in [3.05, 3.63) is 61.6 Å². The smallest absolute Gasteiger partial charge is 0.270 e. The SMILES string of the molecule is O=[N+]([O-])c1ccc(Oc2ccc(Br)cc2Cl)c(CO)c1. The molecule has 0 amide bonds. The Morgan fingerprint density at radius 3 is 2.55 bits per heavy atom. The maximum absolute atomic E-state index is 10.7. The third kappa shape index (κ3) is 3.27. The number of nitro groups is 1. The van der Waals surface area contributed by atoms with Crippen LogP contribution < -0.4 is 4.74 Å². The number of rotatable bonds is 4. The standard InChI is InChI=1S/C13H9BrClNO4/c14-9-1-3-13(11(15)6-9)20-12-4-2-10(16(18)19)5-8(12)7-17/h1-6,17H,7H2. The van der Waals surface area contributed by atoms with Crippen molar-refractivity contribution < 1.29 is 14.8 Å². The van der Waals surface area contributed by atoms with Gasteiger partial charge in [-0.15, -0.1) is 0 Å². The number of hydrogen-bond donors (Lipinski definition) is 1. The van der Waals surface area contributed by atoms with E-state index in [9.17, 15) is 15.2 Å². The van der Waals surface area contributed by atoms with Gasteiger partial charge in [-0.2, -0.15) is 0 Å². The average molecular weight is 359 g/mol. The van der Waals surface area contributed by atoms with Crippen LogP contribution in [-0.2, 0) is 6.61 Å². The molecule has 0 aliphatic carbocycles. The summed E-state index contributed by atoms with van der Waals surface area (Å²) in [4.78, 5) is 10.2. The fraction of sp³-hybridized carbons (Fsp3) is 0.0769. The minimum atomic E-state index is -0.532. The lowest BCUT2D eigenvalue weighted by Crippen LogP contribution is -1.95. The highest BCUT2D eigenvalue weighted by Crippen LogP contribution is 2.34. The van der Waals surface area contributed by atoms with Gasteiger partial charge in [0.1, 0.15) is 11.5 Å². The molecule has 0 aliphatic rings. The number of hydrogen-bond acceptors (Lipinski definition) is 4. The zero-order chi connectivity index (χ0) is 14.7. The molecular formula is C13H9BrClNO4. The highest BCUT2D eigenvalue weighted by Gasteiger charge is 2.13. The molecule has 0 aliphatic heterocycles. The number of benzene rings is 2. The van der Waals surface area contributed by atoms with E-state index in [1.807, 2.05) is 0 Å². The molecule has 1 N–H and O–H groups in total.